The Morgan fingerprint density at radius 3 is 2.38 bits per heavy atom. The Morgan fingerprint density at radius 2 is 1.81 bits per heavy atom. The van der Waals surface area contributed by atoms with Crippen molar-refractivity contribution in [2.45, 2.75) is 39.5 Å². The highest BCUT2D eigenvalue weighted by Gasteiger charge is 2.22. The van der Waals surface area contributed by atoms with Gasteiger partial charge in [-0.15, -0.1) is 0 Å². The van der Waals surface area contributed by atoms with Gasteiger partial charge in [0, 0.05) is 32.3 Å². The summed E-state index contributed by atoms with van der Waals surface area (Å²) in [4.78, 5) is 39.3. The van der Waals surface area contributed by atoms with Gasteiger partial charge in [0.25, 0.3) is 11.5 Å². The van der Waals surface area contributed by atoms with Crippen molar-refractivity contribution in [2.24, 2.45) is 13.0 Å². The van der Waals surface area contributed by atoms with E-state index in [2.05, 4.69) is 5.32 Å². The number of aromatic nitrogens is 1. The molecule has 2 amide bonds. The minimum atomic E-state index is -0.316. The van der Waals surface area contributed by atoms with E-state index in [0.717, 1.165) is 25.7 Å². The molecule has 0 spiro atoms. The molecule has 1 N–H and O–H groups in total. The highest BCUT2D eigenvalue weighted by Crippen LogP contribution is 2.17. The number of nitrogens with one attached hydrogen (secondary N) is 1. The maximum absolute atomic E-state index is 12.7. The van der Waals surface area contributed by atoms with Crippen LogP contribution in [0.5, 0.6) is 0 Å². The number of ether oxygens (including phenoxy) is 1. The third kappa shape index (κ3) is 4.94. The summed E-state index contributed by atoms with van der Waals surface area (Å²) in [5, 5.41) is 2.75. The van der Waals surface area contributed by atoms with Gasteiger partial charge in [0.2, 0.25) is 5.91 Å². The number of hydrogen-bond donors (Lipinski definition) is 1. The molecule has 7 nitrogen and oxygen atoms in total. The Hall–Kier alpha value is -2.15. The summed E-state index contributed by atoms with van der Waals surface area (Å²) in [6, 6.07) is 1.49. The third-order valence-corrected chi connectivity index (χ3v) is 4.63. The molecule has 0 atom stereocenters. The van der Waals surface area contributed by atoms with E-state index < -0.39 is 0 Å². The molecule has 0 aromatic carbocycles. The van der Waals surface area contributed by atoms with Crippen molar-refractivity contribution in [3.05, 3.63) is 28.2 Å². The van der Waals surface area contributed by atoms with Crippen LogP contribution >= 0.6 is 0 Å². The topological polar surface area (TPSA) is 80.6 Å². The van der Waals surface area contributed by atoms with Gasteiger partial charge in [-0.2, -0.15) is 0 Å². The van der Waals surface area contributed by atoms with E-state index in [9.17, 15) is 14.4 Å². The number of aryl methyl sites for hydroxylation is 1. The molecule has 2 rings (SSSR count). The molecule has 1 saturated heterocycles. The van der Waals surface area contributed by atoms with Gasteiger partial charge in [0.05, 0.1) is 18.8 Å². The van der Waals surface area contributed by atoms with Gasteiger partial charge in [-0.3, -0.25) is 14.4 Å². The zero-order chi connectivity index (χ0) is 19.1. The van der Waals surface area contributed by atoms with E-state index in [0.29, 0.717) is 31.9 Å². The number of nitrogens with zero attached hydrogens (tertiary/aromatic N) is 2. The summed E-state index contributed by atoms with van der Waals surface area (Å²) < 4.78 is 6.62. The summed E-state index contributed by atoms with van der Waals surface area (Å²) in [5.74, 6) is -0.423. The molecular formula is C19H29N3O4. The standard InChI is InChI=1S/C19H29N3O4/c1-4-6-14(7-5-2)17(23)20-16-12-15(13-21(3)19(16)25)18(24)22-8-10-26-11-9-22/h12-14H,4-11H2,1-3H3,(H,20,23). The van der Waals surface area contributed by atoms with Gasteiger partial charge in [-0.25, -0.2) is 0 Å². The largest absolute Gasteiger partial charge is 0.378 e. The molecule has 0 radical (unpaired) electrons. The summed E-state index contributed by atoms with van der Waals surface area (Å²) in [5.41, 5.74) is 0.240. The molecule has 0 bridgehead atoms. The van der Waals surface area contributed by atoms with Gasteiger partial charge in [-0.1, -0.05) is 26.7 Å². The van der Waals surface area contributed by atoms with E-state index >= 15 is 0 Å². The number of carbonyl (C=O) groups excluding carboxylic acids is 2. The highest BCUT2D eigenvalue weighted by atomic mass is 16.5. The lowest BCUT2D eigenvalue weighted by molar-refractivity contribution is -0.120. The second kappa shape index (κ2) is 9.52. The zero-order valence-corrected chi connectivity index (χ0v) is 15.9. The number of pyridine rings is 1. The van der Waals surface area contributed by atoms with Gasteiger partial charge < -0.3 is 19.5 Å². The van der Waals surface area contributed by atoms with Crippen molar-refractivity contribution in [2.75, 3.05) is 31.6 Å². The van der Waals surface area contributed by atoms with Crippen LogP contribution in [0.4, 0.5) is 5.69 Å². The van der Waals surface area contributed by atoms with Crippen LogP contribution in [-0.2, 0) is 16.6 Å². The predicted molar refractivity (Wildman–Crippen MR) is 100 cm³/mol. The van der Waals surface area contributed by atoms with Crippen LogP contribution in [0.2, 0.25) is 0 Å². The zero-order valence-electron chi connectivity index (χ0n) is 15.9. The first-order chi connectivity index (χ1) is 12.5. The van der Waals surface area contributed by atoms with Crippen LogP contribution in [0, 0.1) is 5.92 Å². The minimum absolute atomic E-state index is 0.117. The molecule has 1 fully saturated rings. The molecule has 2 heterocycles. The lowest BCUT2D eigenvalue weighted by Gasteiger charge is -2.27. The van der Waals surface area contributed by atoms with E-state index in [-0.39, 0.29) is 29.0 Å². The second-order valence-electron chi connectivity index (χ2n) is 6.73. The Balaban J connectivity index is 2.22. The molecule has 0 unspecified atom stereocenters. The number of rotatable bonds is 7. The van der Waals surface area contributed by atoms with Crippen LogP contribution in [0.15, 0.2) is 17.1 Å². The molecular weight excluding hydrogens is 334 g/mol. The average Bonchev–Trinajstić information content (AvgIpc) is 2.65. The van der Waals surface area contributed by atoms with E-state index in [1.54, 1.807) is 11.9 Å². The number of hydrogen-bond acceptors (Lipinski definition) is 4. The molecule has 1 aliphatic heterocycles. The fraction of sp³-hybridized carbons (Fsp3) is 0.632. The van der Waals surface area contributed by atoms with Crippen molar-refractivity contribution in [3.8, 4) is 0 Å². The molecule has 0 aliphatic carbocycles. The van der Waals surface area contributed by atoms with Gasteiger partial charge >= 0.3 is 0 Å². The Bertz CT molecular complexity index is 687. The second-order valence-corrected chi connectivity index (χ2v) is 6.73. The van der Waals surface area contributed by atoms with E-state index in [1.807, 2.05) is 13.8 Å². The third-order valence-electron chi connectivity index (χ3n) is 4.63. The number of morpholine rings is 1. The summed E-state index contributed by atoms with van der Waals surface area (Å²) in [6.45, 7) is 6.15. The molecule has 1 aromatic rings. The average molecular weight is 363 g/mol. The molecule has 7 heteroatoms. The first-order valence-electron chi connectivity index (χ1n) is 9.36. The summed E-state index contributed by atoms with van der Waals surface area (Å²) in [7, 11) is 1.59. The van der Waals surface area contributed by atoms with Crippen molar-refractivity contribution >= 4 is 17.5 Å². The van der Waals surface area contributed by atoms with E-state index in [4.69, 9.17) is 4.74 Å². The fourth-order valence-corrected chi connectivity index (χ4v) is 3.21. The summed E-state index contributed by atoms with van der Waals surface area (Å²) >= 11 is 0. The maximum atomic E-state index is 12.7. The fourth-order valence-electron chi connectivity index (χ4n) is 3.21. The SMILES string of the molecule is CCCC(CCC)C(=O)Nc1cc(C(=O)N2CCOCC2)cn(C)c1=O. The molecule has 1 aliphatic rings. The van der Waals surface area contributed by atoms with Gasteiger partial charge in [-0.05, 0) is 18.9 Å². The minimum Gasteiger partial charge on any atom is -0.378 e. The lowest BCUT2D eigenvalue weighted by Crippen LogP contribution is -2.41. The number of carbonyl (C=O) groups is 2. The van der Waals surface area contributed by atoms with Crippen LogP contribution in [0.3, 0.4) is 0 Å². The van der Waals surface area contributed by atoms with Crippen molar-refractivity contribution in [1.82, 2.24) is 9.47 Å². The quantitative estimate of drug-likeness (QED) is 0.804. The smallest absolute Gasteiger partial charge is 0.274 e. The molecule has 144 valence electrons. The maximum Gasteiger partial charge on any atom is 0.274 e. The molecule has 26 heavy (non-hydrogen) atoms. The van der Waals surface area contributed by atoms with Crippen molar-refractivity contribution in [3.63, 3.8) is 0 Å². The monoisotopic (exact) mass is 363 g/mol. The first kappa shape index (κ1) is 20.2. The number of amides is 2. The highest BCUT2D eigenvalue weighted by molar-refractivity contribution is 5.97. The van der Waals surface area contributed by atoms with Crippen LogP contribution < -0.4 is 10.9 Å². The van der Waals surface area contributed by atoms with Crippen LogP contribution in [-0.4, -0.2) is 47.6 Å². The van der Waals surface area contributed by atoms with Crippen LogP contribution in [0.1, 0.15) is 49.9 Å². The Morgan fingerprint density at radius 1 is 1.19 bits per heavy atom. The van der Waals surface area contributed by atoms with Crippen molar-refractivity contribution in [1.29, 1.82) is 0 Å². The predicted octanol–water partition coefficient (Wildman–Crippen LogP) is 2.01. The first-order valence-corrected chi connectivity index (χ1v) is 9.36. The van der Waals surface area contributed by atoms with E-state index in [1.165, 1.54) is 16.8 Å². The Kier molecular flexibility index (Phi) is 7.38. The van der Waals surface area contributed by atoms with Crippen molar-refractivity contribution < 1.29 is 14.3 Å². The molecule has 0 saturated carbocycles. The summed E-state index contributed by atoms with van der Waals surface area (Å²) in [6.07, 6.45) is 4.90. The normalized spacial score (nSPS) is 14.5. The molecule has 1 aromatic heterocycles. The van der Waals surface area contributed by atoms with Gasteiger partial charge in [0.1, 0.15) is 5.69 Å². The Labute approximate surface area is 154 Å². The lowest BCUT2D eigenvalue weighted by atomic mass is 9.97. The van der Waals surface area contributed by atoms with Gasteiger partial charge in [0.15, 0.2) is 0 Å². The van der Waals surface area contributed by atoms with Crippen LogP contribution in [0.25, 0.3) is 0 Å². The number of anilines is 1.